The number of urea groups is 1. The standard InChI is InChI=1S/C47H70N8O13.C2H4O2/c1-26(2)41(49)43(60)52-35(9-8-20-48)44(61)55(45(50)62)33-15-13-32(14-16-33)24-64-46(63)54-53-40(58)22-34-23-47(25-65-47)42(59)38(68-34)18-11-27(3)10-17-37-28(4)21-36(30(6)67-37)51-39(57)19-12-29(5)66-31(7)56;1-2(3)4/h10-16,18-19,26,28-30,34-38,41-42,59H,8-9,17,20-25,48-49H2,1-7H3,(H2,50,62)(H,51,57)(H,52,60)(H,53,58)(H,54,63);1H3,(H,3,4)/b18-11+,19-12-,27-10+;/t28-,29-,30+,34+,35-,36+,37-,38+,41-,42+,47+;/m0./s1. The van der Waals surface area contributed by atoms with Gasteiger partial charge in [-0.25, -0.2) is 19.9 Å². The third-order valence-corrected chi connectivity index (χ3v) is 12.0. The number of imide groups is 1. The number of aliphatic hydroxyl groups excluding tert-OH is 1. The lowest BCUT2D eigenvalue weighted by atomic mass is 9.87. The molecule has 4 rings (SSSR count). The van der Waals surface area contributed by atoms with E-state index in [1.165, 1.54) is 43.3 Å². The van der Waals surface area contributed by atoms with Gasteiger partial charge >= 0.3 is 18.1 Å². The van der Waals surface area contributed by atoms with Gasteiger partial charge < -0.3 is 61.7 Å². The molecule has 0 saturated carbocycles. The molecule has 0 aliphatic carbocycles. The number of aliphatic hydroxyl groups is 1. The fourth-order valence-corrected chi connectivity index (χ4v) is 7.86. The first-order valence-electron chi connectivity index (χ1n) is 23.9. The fourth-order valence-electron chi connectivity index (χ4n) is 7.86. The predicted octanol–water partition coefficient (Wildman–Crippen LogP) is 2.03. The number of hydrazine groups is 1. The monoisotopic (exact) mass is 1010 g/mol. The Morgan fingerprint density at radius 1 is 0.986 bits per heavy atom. The number of allylic oxidation sites excluding steroid dienone is 2. The minimum absolute atomic E-state index is 0.0930. The zero-order valence-electron chi connectivity index (χ0n) is 42.3. The van der Waals surface area contributed by atoms with E-state index in [0.29, 0.717) is 31.4 Å². The summed E-state index contributed by atoms with van der Waals surface area (Å²) in [6.45, 7) is 13.8. The number of aliphatic carboxylic acids is 1. The minimum atomic E-state index is -1.12. The van der Waals surface area contributed by atoms with Crippen LogP contribution in [0.2, 0.25) is 0 Å². The molecule has 400 valence electrons. The van der Waals surface area contributed by atoms with Crippen LogP contribution in [0.1, 0.15) is 99.5 Å². The van der Waals surface area contributed by atoms with E-state index in [4.69, 9.17) is 50.8 Å². The van der Waals surface area contributed by atoms with Crippen molar-refractivity contribution in [3.63, 3.8) is 0 Å². The van der Waals surface area contributed by atoms with Crippen molar-refractivity contribution in [2.75, 3.05) is 18.1 Å². The number of benzene rings is 1. The van der Waals surface area contributed by atoms with Crippen molar-refractivity contribution < 1.29 is 72.3 Å². The largest absolute Gasteiger partial charge is 0.481 e. The lowest BCUT2D eigenvalue weighted by molar-refractivity contribution is -0.146. The van der Waals surface area contributed by atoms with E-state index in [2.05, 4.69) is 28.4 Å². The molecule has 1 aromatic carbocycles. The van der Waals surface area contributed by atoms with Gasteiger partial charge in [0.05, 0.1) is 49.1 Å². The number of rotatable bonds is 20. The normalized spacial score (nSPS) is 25.0. The second kappa shape index (κ2) is 28.7. The van der Waals surface area contributed by atoms with Crippen LogP contribution in [0.3, 0.4) is 0 Å². The maximum atomic E-state index is 13.5. The van der Waals surface area contributed by atoms with E-state index in [1.54, 1.807) is 26.8 Å². The topological polar surface area (TPSA) is 356 Å². The highest BCUT2D eigenvalue weighted by molar-refractivity contribution is 6.16. The van der Waals surface area contributed by atoms with E-state index in [-0.39, 0.29) is 74.1 Å². The van der Waals surface area contributed by atoms with Crippen LogP contribution in [-0.4, -0.2) is 131 Å². The molecular formula is C49H74N8O15. The molecule has 0 radical (unpaired) electrons. The van der Waals surface area contributed by atoms with Gasteiger partial charge in [0.25, 0.3) is 11.9 Å². The van der Waals surface area contributed by atoms with E-state index in [0.717, 1.165) is 17.4 Å². The quantitative estimate of drug-likeness (QED) is 0.0297. The number of carboxylic acid groups (broad SMARTS) is 1. The number of epoxide rings is 1. The molecule has 12 N–H and O–H groups in total. The number of amides is 7. The molecule has 3 fully saturated rings. The highest BCUT2D eigenvalue weighted by Crippen LogP contribution is 2.43. The van der Waals surface area contributed by atoms with Gasteiger partial charge in [0.2, 0.25) is 17.7 Å². The van der Waals surface area contributed by atoms with Crippen LogP contribution < -0.4 is 43.6 Å². The average molecular weight is 1020 g/mol. The maximum Gasteiger partial charge on any atom is 0.426 e. The summed E-state index contributed by atoms with van der Waals surface area (Å²) in [5.74, 6) is -3.53. The van der Waals surface area contributed by atoms with Gasteiger partial charge in [0.15, 0.2) is 0 Å². The summed E-state index contributed by atoms with van der Waals surface area (Å²) in [6, 6.07) is 2.58. The summed E-state index contributed by atoms with van der Waals surface area (Å²) in [6.07, 6.45) is 6.20. The Balaban J connectivity index is 0.00000329. The maximum absolute atomic E-state index is 13.5. The van der Waals surface area contributed by atoms with Crippen LogP contribution in [0.5, 0.6) is 0 Å². The number of nitrogens with two attached hydrogens (primary N) is 3. The smallest absolute Gasteiger partial charge is 0.426 e. The number of nitrogens with one attached hydrogen (secondary N) is 4. The number of nitrogens with zero attached hydrogens (tertiary/aromatic N) is 1. The van der Waals surface area contributed by atoms with Crippen LogP contribution in [0.25, 0.3) is 0 Å². The van der Waals surface area contributed by atoms with Crippen LogP contribution in [0, 0.1) is 11.8 Å². The molecule has 23 heteroatoms. The molecule has 3 aliphatic heterocycles. The van der Waals surface area contributed by atoms with E-state index >= 15 is 0 Å². The van der Waals surface area contributed by atoms with Crippen molar-refractivity contribution in [2.45, 2.75) is 161 Å². The molecule has 0 unspecified atom stereocenters. The Labute approximate surface area is 419 Å². The molecule has 3 aliphatic rings. The van der Waals surface area contributed by atoms with Gasteiger partial charge in [0, 0.05) is 26.3 Å². The van der Waals surface area contributed by atoms with Crippen LogP contribution >= 0.6 is 0 Å². The second-order valence-corrected chi connectivity index (χ2v) is 18.6. The molecule has 11 atom stereocenters. The number of anilines is 1. The van der Waals surface area contributed by atoms with E-state index < -0.39 is 83.9 Å². The van der Waals surface area contributed by atoms with Crippen LogP contribution in [0.4, 0.5) is 15.3 Å². The van der Waals surface area contributed by atoms with Crippen molar-refractivity contribution >= 4 is 53.4 Å². The minimum Gasteiger partial charge on any atom is -0.481 e. The first kappa shape index (κ1) is 60.1. The molecular weight excluding hydrogens is 941 g/mol. The molecule has 0 bridgehead atoms. The first-order valence-corrected chi connectivity index (χ1v) is 23.9. The lowest BCUT2D eigenvalue weighted by Gasteiger charge is -2.39. The number of ether oxygens (including phenoxy) is 5. The number of hydrogen-bond acceptors (Lipinski definition) is 16. The summed E-state index contributed by atoms with van der Waals surface area (Å²) in [4.78, 5) is 97.5. The summed E-state index contributed by atoms with van der Waals surface area (Å²) < 4.78 is 28.3. The van der Waals surface area contributed by atoms with E-state index in [1.807, 2.05) is 26.0 Å². The van der Waals surface area contributed by atoms with Gasteiger partial charge in [-0.05, 0) is 88.6 Å². The van der Waals surface area contributed by atoms with Crippen LogP contribution in [-0.2, 0) is 59.1 Å². The Hall–Kier alpha value is -6.24. The Kier molecular flexibility index (Phi) is 24.0. The molecule has 7 amide bonds. The molecule has 0 aromatic heterocycles. The Morgan fingerprint density at radius 2 is 1.64 bits per heavy atom. The summed E-state index contributed by atoms with van der Waals surface area (Å²) in [5, 5.41) is 24.1. The molecule has 3 saturated heterocycles. The third kappa shape index (κ3) is 19.8. The Bertz CT molecular complexity index is 2120. The number of carbonyl (C=O) groups excluding carboxylic acids is 7. The number of carboxylic acids is 1. The third-order valence-electron chi connectivity index (χ3n) is 12.0. The molecule has 72 heavy (non-hydrogen) atoms. The van der Waals surface area contributed by atoms with E-state index in [9.17, 15) is 38.7 Å². The Morgan fingerprint density at radius 3 is 2.22 bits per heavy atom. The number of carbonyl (C=O) groups is 8. The highest BCUT2D eigenvalue weighted by atomic mass is 16.6. The van der Waals surface area contributed by atoms with Gasteiger partial charge in [-0.2, -0.15) is 0 Å². The van der Waals surface area contributed by atoms with Gasteiger partial charge in [-0.3, -0.25) is 34.2 Å². The SMILES string of the molecule is CC(=O)O.CC(=O)O[C@@H](C)/C=C\C(=O)N[C@@H]1C[C@H](C)[C@H](C/C=C(C)/C=C/[C@H]2O[C@H](CC(=O)NNC(=O)OCc3ccc(N(C(N)=O)C(=O)[C@H](CCCN)NC(=O)[C@@H](N)C(C)C)cc3)C[C@@]3(CO3)[C@@H]2O)O[C@@H]1C. The van der Waals surface area contributed by atoms with Crippen molar-refractivity contribution in [3.8, 4) is 0 Å². The molecule has 23 nitrogen and oxygen atoms in total. The van der Waals surface area contributed by atoms with Crippen LogP contribution in [0.15, 0.2) is 60.2 Å². The first-order chi connectivity index (χ1) is 33.9. The molecule has 3 heterocycles. The van der Waals surface area contributed by atoms with Gasteiger partial charge in [-0.1, -0.05) is 56.7 Å². The van der Waals surface area contributed by atoms with Gasteiger partial charge in [0.1, 0.15) is 36.6 Å². The average Bonchev–Trinajstić information content (AvgIpc) is 4.08. The van der Waals surface area contributed by atoms with Crippen molar-refractivity contribution in [2.24, 2.45) is 29.0 Å². The molecule has 1 aromatic rings. The summed E-state index contributed by atoms with van der Waals surface area (Å²) in [5.41, 5.74) is 22.3. The van der Waals surface area contributed by atoms with Crippen molar-refractivity contribution in [1.29, 1.82) is 0 Å². The number of hydrogen-bond donors (Lipinski definition) is 9. The number of primary amides is 1. The van der Waals surface area contributed by atoms with Crippen molar-refractivity contribution in [3.05, 3.63) is 65.8 Å². The lowest BCUT2D eigenvalue weighted by Crippen LogP contribution is -2.56. The fraction of sp³-hybridized carbons (Fsp3) is 0.592. The van der Waals surface area contributed by atoms with Gasteiger partial charge in [-0.15, -0.1) is 0 Å². The second-order valence-electron chi connectivity index (χ2n) is 18.6. The predicted molar refractivity (Wildman–Crippen MR) is 262 cm³/mol. The summed E-state index contributed by atoms with van der Waals surface area (Å²) >= 11 is 0. The molecule has 1 spiro atoms. The van der Waals surface area contributed by atoms with Crippen molar-refractivity contribution in [1.82, 2.24) is 21.5 Å². The number of esters is 1. The zero-order chi connectivity index (χ0) is 53.9. The zero-order valence-corrected chi connectivity index (χ0v) is 42.3. The highest BCUT2D eigenvalue weighted by Gasteiger charge is 2.58. The summed E-state index contributed by atoms with van der Waals surface area (Å²) in [7, 11) is 0.